The number of ether oxygens (including phenoxy) is 1. The van der Waals surface area contributed by atoms with Gasteiger partial charge in [0.15, 0.2) is 0 Å². The highest BCUT2D eigenvalue weighted by Crippen LogP contribution is 2.36. The van der Waals surface area contributed by atoms with Gasteiger partial charge < -0.3 is 10.1 Å². The maximum absolute atomic E-state index is 11.7. The number of nitrogens with one attached hydrogen (secondary N) is 1. The Hall–Kier alpha value is -3.72. The number of likely N-dealkylation sites (tertiary alicyclic amines) is 1. The van der Waals surface area contributed by atoms with E-state index in [1.165, 1.54) is 48.7 Å². The van der Waals surface area contributed by atoms with Crippen LogP contribution in [-0.4, -0.2) is 55.2 Å². The SMILES string of the molecule is CCNc1cc2c(cn1)c(-c1ccc(CN3CCCCC3)cc1)nn2C1CCC(Oc2ccc(=O)n(C)n2)CC1. The van der Waals surface area contributed by atoms with Crippen molar-refractivity contribution in [1.82, 2.24) is 29.4 Å². The summed E-state index contributed by atoms with van der Waals surface area (Å²) in [5.74, 6) is 1.37. The van der Waals surface area contributed by atoms with Crippen LogP contribution in [0.3, 0.4) is 0 Å². The number of hydrogen-bond donors (Lipinski definition) is 1. The second-order valence-corrected chi connectivity index (χ2v) is 11.1. The molecule has 0 bridgehead atoms. The molecule has 6 rings (SSSR count). The lowest BCUT2D eigenvalue weighted by molar-refractivity contribution is 0.123. The molecule has 2 aliphatic rings. The lowest BCUT2D eigenvalue weighted by atomic mass is 9.93. The maximum Gasteiger partial charge on any atom is 0.266 e. The summed E-state index contributed by atoms with van der Waals surface area (Å²) in [7, 11) is 1.64. The Bertz CT molecular complexity index is 1500. The van der Waals surface area contributed by atoms with Crippen molar-refractivity contribution in [3.63, 3.8) is 0 Å². The molecule has 4 heterocycles. The van der Waals surface area contributed by atoms with Gasteiger partial charge >= 0.3 is 0 Å². The Kier molecular flexibility index (Phi) is 7.82. The Morgan fingerprint density at radius 3 is 2.48 bits per heavy atom. The number of hydrogen-bond acceptors (Lipinski definition) is 7. The van der Waals surface area contributed by atoms with Crippen LogP contribution in [0.25, 0.3) is 22.2 Å². The quantitative estimate of drug-likeness (QED) is 0.329. The Balaban J connectivity index is 1.22. The molecule has 9 heteroatoms. The second kappa shape index (κ2) is 11.8. The lowest BCUT2D eigenvalue weighted by Crippen LogP contribution is -2.29. The minimum Gasteiger partial charge on any atom is -0.473 e. The van der Waals surface area contributed by atoms with Crippen LogP contribution in [0.4, 0.5) is 5.82 Å². The summed E-state index contributed by atoms with van der Waals surface area (Å²) in [5.41, 5.74) is 4.45. The van der Waals surface area contributed by atoms with E-state index in [0.717, 1.165) is 66.8 Å². The molecule has 0 amide bonds. The number of nitrogens with zero attached hydrogens (tertiary/aromatic N) is 6. The third kappa shape index (κ3) is 5.75. The zero-order valence-electron chi connectivity index (χ0n) is 23.6. The molecule has 2 fully saturated rings. The topological polar surface area (TPSA) is 90.1 Å². The molecule has 0 spiro atoms. The first-order chi connectivity index (χ1) is 19.6. The molecule has 1 saturated carbocycles. The molecule has 1 aromatic carbocycles. The summed E-state index contributed by atoms with van der Waals surface area (Å²) in [4.78, 5) is 18.9. The Labute approximate surface area is 235 Å². The number of aromatic nitrogens is 5. The number of piperidine rings is 1. The molecule has 1 aliphatic heterocycles. The van der Waals surface area contributed by atoms with Crippen molar-refractivity contribution in [2.75, 3.05) is 25.0 Å². The molecular weight excluding hydrogens is 502 g/mol. The van der Waals surface area contributed by atoms with Crippen LogP contribution in [0.2, 0.25) is 0 Å². The van der Waals surface area contributed by atoms with Crippen LogP contribution in [0.1, 0.15) is 63.5 Å². The van der Waals surface area contributed by atoms with E-state index >= 15 is 0 Å². The fourth-order valence-corrected chi connectivity index (χ4v) is 6.07. The maximum atomic E-state index is 11.7. The summed E-state index contributed by atoms with van der Waals surface area (Å²) in [5, 5.41) is 13.9. The number of rotatable bonds is 8. The molecule has 0 atom stereocenters. The number of pyridine rings is 1. The molecule has 1 saturated heterocycles. The predicted octanol–water partition coefficient (Wildman–Crippen LogP) is 5.17. The lowest BCUT2D eigenvalue weighted by Gasteiger charge is -2.29. The van der Waals surface area contributed by atoms with E-state index in [0.29, 0.717) is 5.88 Å². The first-order valence-electron chi connectivity index (χ1n) is 14.7. The first-order valence-corrected chi connectivity index (χ1v) is 14.7. The van der Waals surface area contributed by atoms with Gasteiger partial charge in [-0.3, -0.25) is 14.4 Å². The average Bonchev–Trinajstić information content (AvgIpc) is 3.35. The number of aryl methyl sites for hydroxylation is 1. The number of fused-ring (bicyclic) bond motifs is 1. The third-order valence-electron chi connectivity index (χ3n) is 8.24. The van der Waals surface area contributed by atoms with Gasteiger partial charge in [-0.2, -0.15) is 5.10 Å². The third-order valence-corrected chi connectivity index (χ3v) is 8.24. The Morgan fingerprint density at radius 2 is 1.75 bits per heavy atom. The molecular formula is C31H39N7O2. The van der Waals surface area contributed by atoms with E-state index in [1.54, 1.807) is 13.1 Å². The van der Waals surface area contributed by atoms with Gasteiger partial charge in [0.1, 0.15) is 17.6 Å². The van der Waals surface area contributed by atoms with Crippen molar-refractivity contribution in [2.24, 2.45) is 7.05 Å². The van der Waals surface area contributed by atoms with Crippen molar-refractivity contribution in [3.8, 4) is 17.1 Å². The second-order valence-electron chi connectivity index (χ2n) is 11.1. The van der Waals surface area contributed by atoms with Gasteiger partial charge in [-0.05, 0) is 64.1 Å². The molecule has 9 nitrogen and oxygen atoms in total. The highest BCUT2D eigenvalue weighted by molar-refractivity contribution is 5.94. The van der Waals surface area contributed by atoms with E-state index in [1.807, 2.05) is 6.20 Å². The summed E-state index contributed by atoms with van der Waals surface area (Å²) in [6.07, 6.45) is 9.74. The number of benzene rings is 1. The van der Waals surface area contributed by atoms with Crippen LogP contribution in [0.15, 0.2) is 53.5 Å². The molecule has 1 N–H and O–H groups in total. The average molecular weight is 542 g/mol. The van der Waals surface area contributed by atoms with E-state index in [-0.39, 0.29) is 17.7 Å². The first kappa shape index (κ1) is 26.5. The van der Waals surface area contributed by atoms with Gasteiger partial charge in [-0.1, -0.05) is 30.7 Å². The van der Waals surface area contributed by atoms with E-state index in [9.17, 15) is 4.79 Å². The van der Waals surface area contributed by atoms with Crippen LogP contribution < -0.4 is 15.6 Å². The number of anilines is 1. The molecule has 40 heavy (non-hydrogen) atoms. The van der Waals surface area contributed by atoms with Crippen LogP contribution in [-0.2, 0) is 13.6 Å². The molecule has 3 aromatic heterocycles. The summed E-state index contributed by atoms with van der Waals surface area (Å²) in [6, 6.07) is 14.5. The monoisotopic (exact) mass is 541 g/mol. The molecule has 1 aliphatic carbocycles. The fourth-order valence-electron chi connectivity index (χ4n) is 6.07. The summed E-state index contributed by atoms with van der Waals surface area (Å²) < 4.78 is 9.66. The van der Waals surface area contributed by atoms with Gasteiger partial charge in [0, 0.05) is 55.5 Å². The Morgan fingerprint density at radius 1 is 0.975 bits per heavy atom. The zero-order chi connectivity index (χ0) is 27.5. The van der Waals surface area contributed by atoms with Crippen molar-refractivity contribution in [1.29, 1.82) is 0 Å². The molecule has 210 valence electrons. The van der Waals surface area contributed by atoms with Crippen LogP contribution >= 0.6 is 0 Å². The highest BCUT2D eigenvalue weighted by Gasteiger charge is 2.27. The molecule has 4 aromatic rings. The summed E-state index contributed by atoms with van der Waals surface area (Å²) >= 11 is 0. The van der Waals surface area contributed by atoms with Crippen molar-refractivity contribution < 1.29 is 4.74 Å². The summed E-state index contributed by atoms with van der Waals surface area (Å²) in [6.45, 7) is 6.32. The van der Waals surface area contributed by atoms with E-state index < -0.39 is 0 Å². The molecule has 0 radical (unpaired) electrons. The van der Waals surface area contributed by atoms with Crippen molar-refractivity contribution in [3.05, 3.63) is 64.6 Å². The zero-order valence-corrected chi connectivity index (χ0v) is 23.6. The van der Waals surface area contributed by atoms with E-state index in [4.69, 9.17) is 9.84 Å². The van der Waals surface area contributed by atoms with Crippen LogP contribution in [0.5, 0.6) is 5.88 Å². The predicted molar refractivity (Wildman–Crippen MR) is 158 cm³/mol. The van der Waals surface area contributed by atoms with Crippen molar-refractivity contribution >= 4 is 16.7 Å². The van der Waals surface area contributed by atoms with Gasteiger partial charge in [-0.15, -0.1) is 5.10 Å². The standard InChI is InChI=1S/C31H39N7O2/c1-3-32-28-19-27-26(20-33-28)31(23-9-7-22(8-10-23)21-37-17-5-4-6-18-37)35-38(27)24-11-13-25(14-12-24)40-29-15-16-30(39)36(2)34-29/h7-10,15-16,19-20,24-25H,3-6,11-14,17-18,21H2,1-2H3,(H,32,33). The van der Waals surface area contributed by atoms with Crippen LogP contribution in [0, 0.1) is 0 Å². The van der Waals surface area contributed by atoms with Crippen molar-refractivity contribution in [2.45, 2.75) is 70.6 Å². The minimum atomic E-state index is -0.138. The van der Waals surface area contributed by atoms with E-state index in [2.05, 4.69) is 62.2 Å². The normalized spacial score (nSPS) is 20.1. The largest absolute Gasteiger partial charge is 0.473 e. The van der Waals surface area contributed by atoms with Gasteiger partial charge in [0.25, 0.3) is 5.56 Å². The highest BCUT2D eigenvalue weighted by atomic mass is 16.5. The minimum absolute atomic E-state index is 0.0778. The van der Waals surface area contributed by atoms with Gasteiger partial charge in [0.2, 0.25) is 5.88 Å². The molecule has 0 unspecified atom stereocenters. The van der Waals surface area contributed by atoms with Gasteiger partial charge in [-0.25, -0.2) is 9.67 Å². The van der Waals surface area contributed by atoms with Gasteiger partial charge in [0.05, 0.1) is 11.6 Å². The fraction of sp³-hybridized carbons (Fsp3) is 0.484. The smallest absolute Gasteiger partial charge is 0.266 e.